The highest BCUT2D eigenvalue weighted by atomic mass is 16.2. The molecular formula is C20H26N2O2. The van der Waals surface area contributed by atoms with E-state index in [1.165, 1.54) is 25.7 Å². The summed E-state index contributed by atoms with van der Waals surface area (Å²) in [4.78, 5) is 25.1. The molecule has 0 heterocycles. The van der Waals surface area contributed by atoms with Gasteiger partial charge in [-0.15, -0.1) is 0 Å². The smallest absolute Gasteiger partial charge is 0.253 e. The zero-order valence-electron chi connectivity index (χ0n) is 14.6. The summed E-state index contributed by atoms with van der Waals surface area (Å²) in [6, 6.07) is 7.19. The molecule has 1 N–H and O–H groups in total. The molecular weight excluding hydrogens is 300 g/mol. The Morgan fingerprint density at radius 3 is 2.46 bits per heavy atom. The summed E-state index contributed by atoms with van der Waals surface area (Å²) in [5, 5.41) is 2.85. The van der Waals surface area contributed by atoms with Crippen LogP contribution in [-0.4, -0.2) is 37.4 Å². The Labute approximate surface area is 144 Å². The second-order valence-corrected chi connectivity index (χ2v) is 6.54. The second kappa shape index (κ2) is 9.12. The number of rotatable bonds is 5. The molecule has 2 amide bonds. The third-order valence-electron chi connectivity index (χ3n) is 4.40. The van der Waals surface area contributed by atoms with Crippen LogP contribution in [0.4, 0.5) is 0 Å². The number of nitrogens with one attached hydrogen (secondary N) is 1. The quantitative estimate of drug-likeness (QED) is 0.846. The number of nitrogens with zero attached hydrogens (tertiary/aromatic N) is 1. The maximum Gasteiger partial charge on any atom is 0.253 e. The minimum absolute atomic E-state index is 0.0240. The average Bonchev–Trinajstić information content (AvgIpc) is 3.10. The standard InChI is InChI=1S/C20H26N2O2/c1-22(2)20(24)18-12-9-17(10-13-18)8-5-15-21-19(23)14-11-16-6-3-4-7-16/h9-10,12-13,16H,3-4,6-7,11,14-15H2,1-2H3,(H,21,23). The topological polar surface area (TPSA) is 49.4 Å². The van der Waals surface area contributed by atoms with Gasteiger partial charge in [0.15, 0.2) is 0 Å². The molecule has 0 spiro atoms. The molecule has 0 bridgehead atoms. The van der Waals surface area contributed by atoms with Crippen LogP contribution in [0.3, 0.4) is 0 Å². The Morgan fingerprint density at radius 2 is 1.83 bits per heavy atom. The SMILES string of the molecule is CN(C)C(=O)c1ccc(C#CCNC(=O)CCC2CCCC2)cc1. The largest absolute Gasteiger partial charge is 0.345 e. The van der Waals surface area contributed by atoms with E-state index in [2.05, 4.69) is 17.2 Å². The van der Waals surface area contributed by atoms with Gasteiger partial charge >= 0.3 is 0 Å². The van der Waals surface area contributed by atoms with E-state index < -0.39 is 0 Å². The fourth-order valence-electron chi connectivity index (χ4n) is 2.97. The molecule has 4 nitrogen and oxygen atoms in total. The lowest BCUT2D eigenvalue weighted by atomic mass is 10.0. The van der Waals surface area contributed by atoms with Gasteiger partial charge in [-0.2, -0.15) is 0 Å². The number of carbonyl (C=O) groups is 2. The van der Waals surface area contributed by atoms with Crippen molar-refractivity contribution in [2.75, 3.05) is 20.6 Å². The van der Waals surface area contributed by atoms with E-state index in [4.69, 9.17) is 0 Å². The number of hydrogen-bond acceptors (Lipinski definition) is 2. The Kier molecular flexibility index (Phi) is 6.87. The highest BCUT2D eigenvalue weighted by Crippen LogP contribution is 2.28. The van der Waals surface area contributed by atoms with Crippen LogP contribution in [0.2, 0.25) is 0 Å². The van der Waals surface area contributed by atoms with Crippen LogP contribution < -0.4 is 5.32 Å². The summed E-state index contributed by atoms with van der Waals surface area (Å²) in [5.74, 6) is 6.76. The van der Waals surface area contributed by atoms with Gasteiger partial charge in [-0.25, -0.2) is 0 Å². The first-order valence-corrected chi connectivity index (χ1v) is 8.63. The molecule has 128 valence electrons. The van der Waals surface area contributed by atoms with Crippen LogP contribution in [0.25, 0.3) is 0 Å². The molecule has 1 aliphatic rings. The third kappa shape index (κ3) is 5.73. The molecule has 2 rings (SSSR count). The molecule has 1 aromatic rings. The molecule has 0 aliphatic heterocycles. The van der Waals surface area contributed by atoms with Crippen molar-refractivity contribution in [3.05, 3.63) is 35.4 Å². The van der Waals surface area contributed by atoms with E-state index in [-0.39, 0.29) is 11.8 Å². The first-order chi connectivity index (χ1) is 11.6. The Bertz CT molecular complexity index is 617. The number of hydrogen-bond donors (Lipinski definition) is 1. The summed E-state index contributed by atoms with van der Waals surface area (Å²) in [5.41, 5.74) is 1.48. The van der Waals surface area contributed by atoms with Gasteiger partial charge in [0.1, 0.15) is 0 Å². The van der Waals surface area contributed by atoms with Crippen molar-refractivity contribution < 1.29 is 9.59 Å². The molecule has 1 saturated carbocycles. The van der Waals surface area contributed by atoms with Crippen molar-refractivity contribution in [3.8, 4) is 11.8 Å². The molecule has 0 radical (unpaired) electrons. The summed E-state index contributed by atoms with van der Waals surface area (Å²) in [7, 11) is 3.46. The molecule has 4 heteroatoms. The van der Waals surface area contributed by atoms with Crippen LogP contribution in [0.1, 0.15) is 54.4 Å². The molecule has 24 heavy (non-hydrogen) atoms. The minimum Gasteiger partial charge on any atom is -0.345 e. The van der Waals surface area contributed by atoms with Crippen LogP contribution in [0, 0.1) is 17.8 Å². The summed E-state index contributed by atoms with van der Waals surface area (Å²) < 4.78 is 0. The predicted molar refractivity (Wildman–Crippen MR) is 95.5 cm³/mol. The zero-order chi connectivity index (χ0) is 17.4. The van der Waals surface area contributed by atoms with E-state index >= 15 is 0 Å². The van der Waals surface area contributed by atoms with Crippen molar-refractivity contribution in [2.24, 2.45) is 5.92 Å². The van der Waals surface area contributed by atoms with Crippen LogP contribution in [0.15, 0.2) is 24.3 Å². The molecule has 1 aromatic carbocycles. The highest BCUT2D eigenvalue weighted by molar-refractivity contribution is 5.93. The number of benzene rings is 1. The van der Waals surface area contributed by atoms with E-state index in [0.717, 1.165) is 17.9 Å². The van der Waals surface area contributed by atoms with Gasteiger partial charge in [0.25, 0.3) is 5.91 Å². The summed E-state index contributed by atoms with van der Waals surface area (Å²) in [6.07, 6.45) is 6.79. The Hall–Kier alpha value is -2.28. The maximum atomic E-state index is 11.8. The zero-order valence-corrected chi connectivity index (χ0v) is 14.6. The van der Waals surface area contributed by atoms with Crippen molar-refractivity contribution in [2.45, 2.75) is 38.5 Å². The molecule has 0 unspecified atom stereocenters. The molecule has 0 atom stereocenters. The first-order valence-electron chi connectivity index (χ1n) is 8.63. The van der Waals surface area contributed by atoms with Crippen molar-refractivity contribution in [1.29, 1.82) is 0 Å². The van der Waals surface area contributed by atoms with Crippen molar-refractivity contribution in [3.63, 3.8) is 0 Å². The third-order valence-corrected chi connectivity index (χ3v) is 4.40. The Morgan fingerprint density at radius 1 is 1.17 bits per heavy atom. The van der Waals surface area contributed by atoms with Gasteiger partial charge in [0.05, 0.1) is 6.54 Å². The minimum atomic E-state index is -0.0240. The van der Waals surface area contributed by atoms with Gasteiger partial charge in [-0.05, 0) is 36.6 Å². The number of carbonyl (C=O) groups excluding carboxylic acids is 2. The summed E-state index contributed by atoms with van der Waals surface area (Å²) >= 11 is 0. The normalized spacial score (nSPS) is 13.9. The monoisotopic (exact) mass is 326 g/mol. The van der Waals surface area contributed by atoms with Gasteiger partial charge in [-0.3, -0.25) is 9.59 Å². The highest BCUT2D eigenvalue weighted by Gasteiger charge is 2.15. The average molecular weight is 326 g/mol. The number of amides is 2. The maximum absolute atomic E-state index is 11.8. The van der Waals surface area contributed by atoms with E-state index in [1.807, 2.05) is 12.1 Å². The van der Waals surface area contributed by atoms with Crippen LogP contribution >= 0.6 is 0 Å². The fraction of sp³-hybridized carbons (Fsp3) is 0.500. The van der Waals surface area contributed by atoms with Gasteiger partial charge in [0, 0.05) is 31.6 Å². The van der Waals surface area contributed by atoms with E-state index in [9.17, 15) is 9.59 Å². The lowest BCUT2D eigenvalue weighted by Crippen LogP contribution is -2.23. The van der Waals surface area contributed by atoms with Crippen LogP contribution in [-0.2, 0) is 4.79 Å². The first kappa shape index (κ1) is 18.1. The lowest BCUT2D eigenvalue weighted by Gasteiger charge is -2.09. The van der Waals surface area contributed by atoms with Crippen molar-refractivity contribution in [1.82, 2.24) is 10.2 Å². The van der Waals surface area contributed by atoms with Gasteiger partial charge < -0.3 is 10.2 Å². The lowest BCUT2D eigenvalue weighted by molar-refractivity contribution is -0.121. The fourth-order valence-corrected chi connectivity index (χ4v) is 2.97. The second-order valence-electron chi connectivity index (χ2n) is 6.54. The summed E-state index contributed by atoms with van der Waals surface area (Å²) in [6.45, 7) is 0.363. The van der Waals surface area contributed by atoms with Gasteiger partial charge in [-0.1, -0.05) is 37.5 Å². The molecule has 0 saturated heterocycles. The van der Waals surface area contributed by atoms with E-state index in [0.29, 0.717) is 18.5 Å². The molecule has 0 aromatic heterocycles. The van der Waals surface area contributed by atoms with Crippen LogP contribution in [0.5, 0.6) is 0 Å². The molecule has 1 fully saturated rings. The Balaban J connectivity index is 1.72. The van der Waals surface area contributed by atoms with Crippen molar-refractivity contribution >= 4 is 11.8 Å². The molecule has 1 aliphatic carbocycles. The predicted octanol–water partition coefficient (Wildman–Crippen LogP) is 2.83. The van der Waals surface area contributed by atoms with E-state index in [1.54, 1.807) is 31.1 Å². The van der Waals surface area contributed by atoms with Gasteiger partial charge in [0.2, 0.25) is 5.91 Å².